The van der Waals surface area contributed by atoms with Crippen LogP contribution in [0.4, 0.5) is 14.9 Å². The first kappa shape index (κ1) is 24.1. The van der Waals surface area contributed by atoms with E-state index in [2.05, 4.69) is 15.3 Å². The van der Waals surface area contributed by atoms with Gasteiger partial charge in [0.1, 0.15) is 5.82 Å². The van der Waals surface area contributed by atoms with Crippen molar-refractivity contribution in [2.75, 3.05) is 38.4 Å². The number of hydrogen-bond acceptors (Lipinski definition) is 6. The number of piperidine rings is 1. The molecular weight excluding hydrogens is 463 g/mol. The van der Waals surface area contributed by atoms with E-state index in [4.69, 9.17) is 14.2 Å². The van der Waals surface area contributed by atoms with Crippen LogP contribution in [0, 0.1) is 5.82 Å². The highest BCUT2D eigenvalue weighted by molar-refractivity contribution is 5.85. The maximum Gasteiger partial charge on any atom is 0.411 e. The van der Waals surface area contributed by atoms with Crippen molar-refractivity contribution in [3.63, 3.8) is 0 Å². The third-order valence-corrected chi connectivity index (χ3v) is 6.29. The lowest BCUT2D eigenvalue weighted by molar-refractivity contribution is 0.146. The van der Waals surface area contributed by atoms with Gasteiger partial charge in [-0.3, -0.25) is 10.00 Å². The summed E-state index contributed by atoms with van der Waals surface area (Å²) in [4.78, 5) is 14.4. The minimum absolute atomic E-state index is 0. The van der Waals surface area contributed by atoms with Crippen LogP contribution in [0.3, 0.4) is 0 Å². The van der Waals surface area contributed by atoms with Gasteiger partial charge in [0.2, 0.25) is 6.79 Å². The number of likely N-dealkylation sites (tertiary alicyclic amines) is 1. The predicted octanol–water partition coefficient (Wildman–Crippen LogP) is 4.68. The van der Waals surface area contributed by atoms with E-state index >= 15 is 0 Å². The molecule has 1 fully saturated rings. The lowest BCUT2D eigenvalue weighted by atomic mass is 9.91. The minimum Gasteiger partial charge on any atom is -0.454 e. The molecule has 1 aromatic heterocycles. The third-order valence-electron chi connectivity index (χ3n) is 6.29. The van der Waals surface area contributed by atoms with Crippen LogP contribution >= 0.6 is 12.4 Å². The Balaban J connectivity index is 0.00000274. The number of amides is 1. The summed E-state index contributed by atoms with van der Waals surface area (Å²) in [5, 5.41) is 8.43. The second-order valence-corrected chi connectivity index (χ2v) is 8.47. The highest BCUT2D eigenvalue weighted by Crippen LogP contribution is 2.34. The molecule has 182 valence electrons. The zero-order valence-electron chi connectivity index (χ0n) is 19.0. The predicted molar refractivity (Wildman–Crippen MR) is 128 cm³/mol. The normalized spacial score (nSPS) is 15.8. The zero-order chi connectivity index (χ0) is 22.8. The van der Waals surface area contributed by atoms with Gasteiger partial charge < -0.3 is 19.1 Å². The molecule has 0 aliphatic carbocycles. The van der Waals surface area contributed by atoms with Crippen molar-refractivity contribution in [1.29, 1.82) is 0 Å². The number of carbonyl (C=O) groups is 1. The summed E-state index contributed by atoms with van der Waals surface area (Å²) in [7, 11) is 1.86. The Morgan fingerprint density at radius 3 is 2.79 bits per heavy atom. The second kappa shape index (κ2) is 10.5. The molecule has 0 bridgehead atoms. The Bertz CT molecular complexity index is 1160. The number of fused-ring (bicyclic) bond motifs is 2. The number of anilines is 1. The molecule has 0 spiro atoms. The molecule has 3 heterocycles. The number of aromatic nitrogens is 2. The van der Waals surface area contributed by atoms with E-state index < -0.39 is 6.09 Å². The fourth-order valence-electron chi connectivity index (χ4n) is 4.57. The van der Waals surface area contributed by atoms with Crippen LogP contribution in [0.25, 0.3) is 10.9 Å². The van der Waals surface area contributed by atoms with Gasteiger partial charge in [0, 0.05) is 36.7 Å². The van der Waals surface area contributed by atoms with Crippen LogP contribution in [0.5, 0.6) is 11.5 Å². The van der Waals surface area contributed by atoms with Crippen molar-refractivity contribution in [3.05, 3.63) is 47.9 Å². The Kier molecular flexibility index (Phi) is 7.43. The third kappa shape index (κ3) is 5.20. The summed E-state index contributed by atoms with van der Waals surface area (Å²) in [5.74, 6) is 1.42. The smallest absolute Gasteiger partial charge is 0.411 e. The number of nitrogens with one attached hydrogen (secondary N) is 1. The Labute approximate surface area is 203 Å². The Morgan fingerprint density at radius 1 is 1.18 bits per heavy atom. The van der Waals surface area contributed by atoms with Gasteiger partial charge in [0.15, 0.2) is 11.5 Å². The maximum absolute atomic E-state index is 13.6. The van der Waals surface area contributed by atoms with Gasteiger partial charge in [-0.15, -0.1) is 12.4 Å². The average Bonchev–Trinajstić information content (AvgIpc) is 3.41. The number of nitrogens with zero attached hydrogens (tertiary/aromatic N) is 3. The number of halogens is 2. The van der Waals surface area contributed by atoms with Crippen LogP contribution in [0.15, 0.2) is 36.4 Å². The topological polar surface area (TPSA) is 77.9 Å². The molecule has 0 radical (unpaired) electrons. The zero-order valence-corrected chi connectivity index (χ0v) is 19.8. The van der Waals surface area contributed by atoms with Crippen LogP contribution in [0.1, 0.15) is 30.9 Å². The highest BCUT2D eigenvalue weighted by Gasteiger charge is 2.25. The largest absolute Gasteiger partial charge is 0.454 e. The minimum atomic E-state index is -0.481. The SMILES string of the molecule is Cl.Cn1nc(C2CCN(CCCOC(=O)Nc3ccc4c(c3)OCO4)CC2)c2ccc(F)cc21. The molecule has 2 aromatic carbocycles. The number of carbonyl (C=O) groups excluding carboxylic acids is 1. The van der Waals surface area contributed by atoms with Gasteiger partial charge in [-0.05, 0) is 62.7 Å². The summed E-state index contributed by atoms with van der Waals surface area (Å²) in [5.41, 5.74) is 2.51. The molecular formula is C24H28ClFN4O4. The van der Waals surface area contributed by atoms with E-state index in [-0.39, 0.29) is 25.0 Å². The van der Waals surface area contributed by atoms with Gasteiger partial charge in [-0.2, -0.15) is 5.10 Å². The van der Waals surface area contributed by atoms with Crippen molar-refractivity contribution in [1.82, 2.24) is 14.7 Å². The lowest BCUT2D eigenvalue weighted by Gasteiger charge is -2.31. The van der Waals surface area contributed by atoms with E-state index in [1.165, 1.54) is 6.07 Å². The van der Waals surface area contributed by atoms with Crippen molar-refractivity contribution >= 4 is 35.1 Å². The highest BCUT2D eigenvalue weighted by atomic mass is 35.5. The van der Waals surface area contributed by atoms with E-state index in [9.17, 15) is 9.18 Å². The van der Waals surface area contributed by atoms with Crippen molar-refractivity contribution in [2.24, 2.45) is 7.05 Å². The quantitative estimate of drug-likeness (QED) is 0.505. The molecule has 2 aliphatic heterocycles. The molecule has 2 aliphatic rings. The van der Waals surface area contributed by atoms with Crippen LogP contribution in [-0.2, 0) is 11.8 Å². The van der Waals surface area contributed by atoms with Crippen molar-refractivity contribution in [2.45, 2.75) is 25.2 Å². The Hall–Kier alpha value is -3.04. The van der Waals surface area contributed by atoms with Gasteiger partial charge in [0.25, 0.3) is 0 Å². The molecule has 1 N–H and O–H groups in total. The number of rotatable bonds is 6. The fourth-order valence-corrected chi connectivity index (χ4v) is 4.57. The first-order valence-electron chi connectivity index (χ1n) is 11.2. The number of aryl methyl sites for hydroxylation is 1. The van der Waals surface area contributed by atoms with Gasteiger partial charge in [0.05, 0.1) is 17.8 Å². The summed E-state index contributed by atoms with van der Waals surface area (Å²) in [6.45, 7) is 3.35. The molecule has 1 saturated heterocycles. The van der Waals surface area contributed by atoms with E-state index in [0.29, 0.717) is 29.7 Å². The van der Waals surface area contributed by atoms with Crippen LogP contribution < -0.4 is 14.8 Å². The summed E-state index contributed by atoms with van der Waals surface area (Å²) in [6, 6.07) is 10.1. The fraction of sp³-hybridized carbons (Fsp3) is 0.417. The van der Waals surface area contributed by atoms with Crippen molar-refractivity contribution in [3.8, 4) is 11.5 Å². The lowest BCUT2D eigenvalue weighted by Crippen LogP contribution is -2.34. The molecule has 10 heteroatoms. The number of ether oxygens (including phenoxy) is 3. The summed E-state index contributed by atoms with van der Waals surface area (Å²) < 4.78 is 31.2. The molecule has 3 aromatic rings. The first-order valence-corrected chi connectivity index (χ1v) is 11.2. The monoisotopic (exact) mass is 490 g/mol. The summed E-state index contributed by atoms with van der Waals surface area (Å²) in [6.07, 6.45) is 2.31. The van der Waals surface area contributed by atoms with E-state index in [0.717, 1.165) is 55.5 Å². The van der Waals surface area contributed by atoms with Crippen molar-refractivity contribution < 1.29 is 23.4 Å². The van der Waals surface area contributed by atoms with Crippen LogP contribution in [-0.4, -0.2) is 53.8 Å². The molecule has 8 nitrogen and oxygen atoms in total. The molecule has 5 rings (SSSR count). The molecule has 0 atom stereocenters. The molecule has 0 saturated carbocycles. The standard InChI is InChI=1S/C24H27FN4O4.ClH/c1-28-20-13-17(25)3-5-19(20)23(27-28)16-7-10-29(11-8-16)9-2-12-31-24(30)26-18-4-6-21-22(14-18)33-15-32-21;/h3-6,13-14,16H,2,7-12,15H2,1H3,(H,26,30);1H. The summed E-state index contributed by atoms with van der Waals surface area (Å²) >= 11 is 0. The second-order valence-electron chi connectivity index (χ2n) is 8.47. The van der Waals surface area contributed by atoms with Gasteiger partial charge >= 0.3 is 6.09 Å². The van der Waals surface area contributed by atoms with Crippen LogP contribution in [0.2, 0.25) is 0 Å². The van der Waals surface area contributed by atoms with E-state index in [1.807, 2.05) is 13.1 Å². The van der Waals surface area contributed by atoms with E-state index in [1.54, 1.807) is 28.9 Å². The van der Waals surface area contributed by atoms with Gasteiger partial charge in [-0.1, -0.05) is 0 Å². The number of benzene rings is 2. The Morgan fingerprint density at radius 2 is 1.97 bits per heavy atom. The molecule has 34 heavy (non-hydrogen) atoms. The first-order chi connectivity index (χ1) is 16.1. The number of hydrogen-bond donors (Lipinski definition) is 1. The average molecular weight is 491 g/mol. The maximum atomic E-state index is 13.6. The van der Waals surface area contributed by atoms with Gasteiger partial charge in [-0.25, -0.2) is 9.18 Å². The molecule has 0 unspecified atom stereocenters. The molecule has 1 amide bonds.